The molecule has 1 saturated carbocycles. The lowest BCUT2D eigenvalue weighted by Gasteiger charge is -2.41. The topological polar surface area (TPSA) is 99.2 Å². The van der Waals surface area contributed by atoms with Gasteiger partial charge in [-0.15, -0.1) is 0 Å². The Balaban J connectivity index is 2.74. The molecule has 1 fully saturated rings. The highest BCUT2D eigenvalue weighted by molar-refractivity contribution is 6.08. The lowest BCUT2D eigenvalue weighted by atomic mass is 9.67. The van der Waals surface area contributed by atoms with Crippen molar-refractivity contribution in [3.8, 4) is 0 Å². The van der Waals surface area contributed by atoms with Gasteiger partial charge in [0.25, 0.3) is 0 Å². The average molecular weight is 284 g/mol. The molecule has 20 heavy (non-hydrogen) atoms. The summed E-state index contributed by atoms with van der Waals surface area (Å²) in [5.74, 6) is -0.407. The third-order valence-corrected chi connectivity index (χ3v) is 4.05. The summed E-state index contributed by atoms with van der Waals surface area (Å²) in [6, 6.07) is 0. The predicted molar refractivity (Wildman–Crippen MR) is 75.3 cm³/mol. The molecule has 0 radical (unpaired) electrons. The fourth-order valence-corrected chi connectivity index (χ4v) is 2.52. The van der Waals surface area contributed by atoms with Crippen LogP contribution in [0.2, 0.25) is 0 Å². The number of carbonyl (C=O) groups is 2. The highest BCUT2D eigenvalue weighted by Crippen LogP contribution is 2.42. The normalized spacial score (nSPS) is 17.2. The molecule has 114 valence electrons. The van der Waals surface area contributed by atoms with Crippen LogP contribution in [0.1, 0.15) is 33.1 Å². The third kappa shape index (κ3) is 2.86. The van der Waals surface area contributed by atoms with Crippen LogP contribution in [0.15, 0.2) is 5.16 Å². The van der Waals surface area contributed by atoms with Crippen LogP contribution >= 0.6 is 0 Å². The summed E-state index contributed by atoms with van der Waals surface area (Å²) in [4.78, 5) is 27.5. The first-order valence-corrected chi connectivity index (χ1v) is 6.94. The molecule has 1 rings (SSSR count). The van der Waals surface area contributed by atoms with Gasteiger partial charge in [0.2, 0.25) is 11.8 Å². The van der Waals surface area contributed by atoms with Crippen molar-refractivity contribution < 1.29 is 14.8 Å². The van der Waals surface area contributed by atoms with Gasteiger partial charge in [0.05, 0.1) is 6.54 Å². The summed E-state index contributed by atoms with van der Waals surface area (Å²) >= 11 is 0. The van der Waals surface area contributed by atoms with E-state index < -0.39 is 5.41 Å². The van der Waals surface area contributed by atoms with Crippen molar-refractivity contribution in [2.45, 2.75) is 33.1 Å². The van der Waals surface area contributed by atoms with Crippen molar-refractivity contribution in [1.29, 1.82) is 0 Å². The molecular formula is C13H24N4O3. The van der Waals surface area contributed by atoms with Gasteiger partial charge >= 0.3 is 0 Å². The molecule has 0 aromatic rings. The quantitative estimate of drug-likeness (QED) is 0.315. The van der Waals surface area contributed by atoms with E-state index in [9.17, 15) is 9.59 Å². The molecule has 1 aliphatic carbocycles. The highest BCUT2D eigenvalue weighted by Gasteiger charge is 2.49. The van der Waals surface area contributed by atoms with E-state index in [0.717, 1.165) is 6.42 Å². The molecule has 0 heterocycles. The molecule has 0 bridgehead atoms. The number of rotatable bonds is 6. The van der Waals surface area contributed by atoms with Crippen LogP contribution in [0.5, 0.6) is 0 Å². The molecule has 0 unspecified atom stereocenters. The number of oxime groups is 1. The van der Waals surface area contributed by atoms with E-state index in [2.05, 4.69) is 5.16 Å². The number of nitrogens with two attached hydrogens (primary N) is 1. The van der Waals surface area contributed by atoms with E-state index in [1.165, 1.54) is 4.90 Å². The molecule has 0 spiro atoms. The van der Waals surface area contributed by atoms with E-state index >= 15 is 0 Å². The Bertz CT molecular complexity index is 400. The van der Waals surface area contributed by atoms with E-state index in [1.807, 2.05) is 13.8 Å². The van der Waals surface area contributed by atoms with Crippen LogP contribution in [0.3, 0.4) is 0 Å². The van der Waals surface area contributed by atoms with Gasteiger partial charge in [-0.1, -0.05) is 11.6 Å². The molecule has 0 atom stereocenters. The van der Waals surface area contributed by atoms with E-state index in [-0.39, 0.29) is 24.2 Å². The molecule has 0 saturated heterocycles. The Morgan fingerprint density at radius 3 is 2.20 bits per heavy atom. The second-order valence-electron chi connectivity index (χ2n) is 5.15. The van der Waals surface area contributed by atoms with Crippen molar-refractivity contribution in [2.75, 3.05) is 26.7 Å². The van der Waals surface area contributed by atoms with Crippen molar-refractivity contribution >= 4 is 17.6 Å². The molecule has 0 aliphatic heterocycles. The van der Waals surface area contributed by atoms with Gasteiger partial charge in [0, 0.05) is 20.1 Å². The summed E-state index contributed by atoms with van der Waals surface area (Å²) in [5.41, 5.74) is 4.73. The van der Waals surface area contributed by atoms with Crippen molar-refractivity contribution in [3.05, 3.63) is 0 Å². The summed E-state index contributed by atoms with van der Waals surface area (Å²) in [5, 5.41) is 11.8. The monoisotopic (exact) mass is 284 g/mol. The second kappa shape index (κ2) is 6.58. The first-order chi connectivity index (χ1) is 9.42. The number of nitrogens with zero attached hydrogens (tertiary/aromatic N) is 3. The van der Waals surface area contributed by atoms with Crippen molar-refractivity contribution in [2.24, 2.45) is 16.3 Å². The third-order valence-electron chi connectivity index (χ3n) is 4.05. The Morgan fingerprint density at radius 1 is 1.30 bits per heavy atom. The summed E-state index contributed by atoms with van der Waals surface area (Å²) in [6.45, 7) is 5.03. The predicted octanol–water partition coefficient (Wildman–Crippen LogP) is 0.230. The smallest absolute Gasteiger partial charge is 0.242 e. The largest absolute Gasteiger partial charge is 0.409 e. The zero-order chi connectivity index (χ0) is 15.3. The SMILES string of the molecule is CCN(CC)C(=O)CN(C)C(=O)C1(C(N)=NO)CCC1. The van der Waals surface area contributed by atoms with Gasteiger partial charge in [-0.2, -0.15) is 0 Å². The molecule has 7 heteroatoms. The van der Waals surface area contributed by atoms with E-state index in [4.69, 9.17) is 10.9 Å². The zero-order valence-corrected chi connectivity index (χ0v) is 12.4. The highest BCUT2D eigenvalue weighted by atomic mass is 16.4. The number of amides is 2. The number of likely N-dealkylation sites (N-methyl/N-ethyl adjacent to an activating group) is 2. The molecule has 0 aromatic carbocycles. The minimum absolute atomic E-state index is 0.0149. The number of amidine groups is 1. The molecular weight excluding hydrogens is 260 g/mol. The Labute approximate surface area is 119 Å². The number of carbonyl (C=O) groups excluding carboxylic acids is 2. The standard InChI is InChI=1S/C13H24N4O3/c1-4-17(5-2)10(18)9-16(3)12(19)13(7-6-8-13)11(14)15-20/h20H,4-9H2,1-3H3,(H2,14,15). The van der Waals surface area contributed by atoms with Crippen molar-refractivity contribution in [1.82, 2.24) is 9.80 Å². The minimum Gasteiger partial charge on any atom is -0.409 e. The summed E-state index contributed by atoms with van der Waals surface area (Å²) < 4.78 is 0. The average Bonchev–Trinajstić information content (AvgIpc) is 2.38. The Hall–Kier alpha value is -1.79. The van der Waals surface area contributed by atoms with Gasteiger partial charge in [-0.3, -0.25) is 9.59 Å². The first-order valence-electron chi connectivity index (χ1n) is 6.94. The van der Waals surface area contributed by atoms with Crippen LogP contribution in [-0.2, 0) is 9.59 Å². The first kappa shape index (κ1) is 16.3. The molecule has 1 aliphatic rings. The molecule has 7 nitrogen and oxygen atoms in total. The van der Waals surface area contributed by atoms with Gasteiger partial charge in [-0.25, -0.2) is 0 Å². The number of hydrogen-bond donors (Lipinski definition) is 2. The van der Waals surface area contributed by atoms with Crippen LogP contribution in [-0.4, -0.2) is 59.3 Å². The van der Waals surface area contributed by atoms with Crippen molar-refractivity contribution in [3.63, 3.8) is 0 Å². The van der Waals surface area contributed by atoms with Crippen LogP contribution in [0.25, 0.3) is 0 Å². The van der Waals surface area contributed by atoms with Gasteiger partial charge in [0.1, 0.15) is 5.41 Å². The van der Waals surface area contributed by atoms with Gasteiger partial charge < -0.3 is 20.7 Å². The molecule has 3 N–H and O–H groups in total. The maximum atomic E-state index is 12.5. The Kier molecular flexibility index (Phi) is 5.35. The fourth-order valence-electron chi connectivity index (χ4n) is 2.52. The van der Waals surface area contributed by atoms with Crippen LogP contribution < -0.4 is 5.73 Å². The molecule has 2 amide bonds. The van der Waals surface area contributed by atoms with Gasteiger partial charge in [-0.05, 0) is 26.7 Å². The maximum Gasteiger partial charge on any atom is 0.242 e. The lowest BCUT2D eigenvalue weighted by molar-refractivity contribution is -0.146. The zero-order valence-electron chi connectivity index (χ0n) is 12.4. The summed E-state index contributed by atoms with van der Waals surface area (Å²) in [6.07, 6.45) is 1.98. The van der Waals surface area contributed by atoms with Gasteiger partial charge in [0.15, 0.2) is 5.84 Å². The minimum atomic E-state index is -0.924. The summed E-state index contributed by atoms with van der Waals surface area (Å²) in [7, 11) is 1.58. The van der Waals surface area contributed by atoms with E-state index in [1.54, 1.807) is 11.9 Å². The fraction of sp³-hybridized carbons (Fsp3) is 0.769. The Morgan fingerprint density at radius 2 is 1.85 bits per heavy atom. The van der Waals surface area contributed by atoms with E-state index in [0.29, 0.717) is 25.9 Å². The lowest BCUT2D eigenvalue weighted by Crippen LogP contribution is -2.55. The maximum absolute atomic E-state index is 12.5. The van der Waals surface area contributed by atoms with Crippen LogP contribution in [0, 0.1) is 5.41 Å². The molecule has 0 aromatic heterocycles. The van der Waals surface area contributed by atoms with Crippen LogP contribution in [0.4, 0.5) is 0 Å². The number of hydrogen-bond acceptors (Lipinski definition) is 4. The second-order valence-corrected chi connectivity index (χ2v) is 5.15.